The maximum Gasteiger partial charge on any atom is 0.119 e. The second kappa shape index (κ2) is 4.27. The van der Waals surface area contributed by atoms with E-state index < -0.39 is 0 Å². The van der Waals surface area contributed by atoms with Crippen LogP contribution in [0, 0.1) is 16.7 Å². The number of rotatable bonds is 4. The molecule has 1 aromatic rings. The van der Waals surface area contributed by atoms with Crippen LogP contribution >= 0.6 is 0 Å². The molecule has 100 valence electrons. The van der Waals surface area contributed by atoms with Crippen LogP contribution in [0.5, 0.6) is 5.75 Å². The van der Waals surface area contributed by atoms with Crippen LogP contribution in [0.25, 0.3) is 0 Å². The molecule has 0 aromatic heterocycles. The smallest absolute Gasteiger partial charge is 0.119 e. The van der Waals surface area contributed by atoms with E-state index in [2.05, 4.69) is 39.8 Å². The van der Waals surface area contributed by atoms with Crippen LogP contribution in [-0.2, 0) is 6.42 Å². The van der Waals surface area contributed by atoms with Crippen molar-refractivity contribution < 1.29 is 4.74 Å². The van der Waals surface area contributed by atoms with Gasteiger partial charge in [0.25, 0.3) is 0 Å². The Bertz CT molecular complexity index is 422. The minimum atomic E-state index is 0.224. The van der Waals surface area contributed by atoms with Crippen LogP contribution in [0.3, 0.4) is 0 Å². The van der Waals surface area contributed by atoms with Gasteiger partial charge in [0, 0.05) is 6.04 Å². The summed E-state index contributed by atoms with van der Waals surface area (Å²) in [6.45, 7) is 9.29. The molecule has 1 fully saturated rings. The van der Waals surface area contributed by atoms with Gasteiger partial charge in [-0.25, -0.2) is 0 Å². The SMILES string of the molecule is COc1cccc(CC(N)C2C(C)(C)C2(C)C)c1. The number of methoxy groups -OCH3 is 1. The van der Waals surface area contributed by atoms with Gasteiger partial charge in [-0.3, -0.25) is 0 Å². The second-order valence-corrected chi connectivity index (χ2v) is 6.64. The second-order valence-electron chi connectivity index (χ2n) is 6.64. The van der Waals surface area contributed by atoms with Gasteiger partial charge in [-0.05, 0) is 40.9 Å². The fourth-order valence-corrected chi connectivity index (χ4v) is 3.51. The third kappa shape index (κ3) is 2.03. The largest absolute Gasteiger partial charge is 0.497 e. The average molecular weight is 247 g/mol. The molecule has 2 nitrogen and oxygen atoms in total. The minimum absolute atomic E-state index is 0.224. The van der Waals surface area contributed by atoms with Crippen LogP contribution < -0.4 is 10.5 Å². The Morgan fingerprint density at radius 2 is 1.83 bits per heavy atom. The van der Waals surface area contributed by atoms with Gasteiger partial charge in [-0.1, -0.05) is 39.8 Å². The molecule has 1 atom stereocenters. The fourth-order valence-electron chi connectivity index (χ4n) is 3.51. The van der Waals surface area contributed by atoms with Crippen molar-refractivity contribution in [2.45, 2.75) is 40.2 Å². The predicted octanol–water partition coefficient (Wildman–Crippen LogP) is 3.25. The molecule has 2 rings (SSSR count). The highest BCUT2D eigenvalue weighted by atomic mass is 16.5. The summed E-state index contributed by atoms with van der Waals surface area (Å²) in [7, 11) is 1.70. The molecule has 1 aromatic carbocycles. The Balaban J connectivity index is 2.06. The first-order chi connectivity index (χ1) is 8.30. The van der Waals surface area contributed by atoms with Gasteiger partial charge in [-0.2, -0.15) is 0 Å². The van der Waals surface area contributed by atoms with E-state index in [9.17, 15) is 0 Å². The van der Waals surface area contributed by atoms with Crippen LogP contribution in [0.1, 0.15) is 33.3 Å². The number of ether oxygens (including phenoxy) is 1. The first-order valence-corrected chi connectivity index (χ1v) is 6.69. The van der Waals surface area contributed by atoms with Crippen molar-refractivity contribution in [1.82, 2.24) is 0 Å². The molecule has 0 saturated heterocycles. The third-order valence-electron chi connectivity index (χ3n) is 5.17. The number of hydrogen-bond acceptors (Lipinski definition) is 2. The van der Waals surface area contributed by atoms with Gasteiger partial charge in [0.05, 0.1) is 7.11 Å². The van der Waals surface area contributed by atoms with Crippen molar-refractivity contribution in [3.63, 3.8) is 0 Å². The lowest BCUT2D eigenvalue weighted by molar-refractivity contribution is 0.413. The van der Waals surface area contributed by atoms with Crippen molar-refractivity contribution in [2.75, 3.05) is 7.11 Å². The van der Waals surface area contributed by atoms with Crippen molar-refractivity contribution in [1.29, 1.82) is 0 Å². The molecule has 0 aliphatic heterocycles. The Labute approximate surface area is 111 Å². The number of nitrogens with two attached hydrogens (primary N) is 1. The van der Waals surface area contributed by atoms with Crippen molar-refractivity contribution >= 4 is 0 Å². The highest BCUT2D eigenvalue weighted by Gasteiger charge is 2.66. The Morgan fingerprint density at radius 3 is 2.33 bits per heavy atom. The molecule has 0 heterocycles. The van der Waals surface area contributed by atoms with Crippen LogP contribution in [0.4, 0.5) is 0 Å². The molecule has 1 unspecified atom stereocenters. The summed E-state index contributed by atoms with van der Waals surface area (Å²) in [6, 6.07) is 8.44. The first-order valence-electron chi connectivity index (χ1n) is 6.69. The van der Waals surface area contributed by atoms with E-state index in [0.29, 0.717) is 16.7 Å². The van der Waals surface area contributed by atoms with E-state index in [0.717, 1.165) is 12.2 Å². The van der Waals surface area contributed by atoms with Crippen LogP contribution in [-0.4, -0.2) is 13.2 Å². The summed E-state index contributed by atoms with van der Waals surface area (Å²) in [5, 5.41) is 0. The van der Waals surface area contributed by atoms with E-state index in [1.54, 1.807) is 7.11 Å². The summed E-state index contributed by atoms with van der Waals surface area (Å²) in [5.41, 5.74) is 8.38. The lowest BCUT2D eigenvalue weighted by Crippen LogP contribution is -2.28. The van der Waals surface area contributed by atoms with E-state index in [-0.39, 0.29) is 6.04 Å². The molecule has 2 N–H and O–H groups in total. The molecule has 0 radical (unpaired) electrons. The predicted molar refractivity (Wildman–Crippen MR) is 75.7 cm³/mol. The van der Waals surface area contributed by atoms with Gasteiger partial charge < -0.3 is 10.5 Å². The lowest BCUT2D eigenvalue weighted by atomic mass is 9.97. The van der Waals surface area contributed by atoms with Crippen molar-refractivity contribution in [3.8, 4) is 5.75 Å². The molecule has 0 spiro atoms. The topological polar surface area (TPSA) is 35.2 Å². The Hall–Kier alpha value is -1.02. The lowest BCUT2D eigenvalue weighted by Gasteiger charge is -2.14. The van der Waals surface area contributed by atoms with Gasteiger partial charge in [-0.15, -0.1) is 0 Å². The quantitative estimate of drug-likeness (QED) is 0.886. The zero-order valence-electron chi connectivity index (χ0n) is 12.2. The summed E-state index contributed by atoms with van der Waals surface area (Å²) < 4.78 is 5.25. The molecular weight excluding hydrogens is 222 g/mol. The first kappa shape index (κ1) is 13.4. The van der Waals surface area contributed by atoms with E-state index >= 15 is 0 Å². The molecule has 1 saturated carbocycles. The number of hydrogen-bond donors (Lipinski definition) is 1. The molecule has 1 aliphatic rings. The molecule has 1 aliphatic carbocycles. The molecular formula is C16H25NO. The van der Waals surface area contributed by atoms with Gasteiger partial charge in [0.1, 0.15) is 5.75 Å². The summed E-state index contributed by atoms with van der Waals surface area (Å²) >= 11 is 0. The molecule has 0 amide bonds. The molecule has 18 heavy (non-hydrogen) atoms. The van der Waals surface area contributed by atoms with Gasteiger partial charge in [0.15, 0.2) is 0 Å². The normalized spacial score (nSPS) is 22.6. The van der Waals surface area contributed by atoms with E-state index in [1.807, 2.05) is 12.1 Å². The van der Waals surface area contributed by atoms with Crippen molar-refractivity contribution in [2.24, 2.45) is 22.5 Å². The highest BCUT2D eigenvalue weighted by Crippen LogP contribution is 2.69. The Morgan fingerprint density at radius 1 is 1.22 bits per heavy atom. The average Bonchev–Trinajstić information content (AvgIpc) is 2.69. The van der Waals surface area contributed by atoms with Crippen LogP contribution in [0.15, 0.2) is 24.3 Å². The summed E-state index contributed by atoms with van der Waals surface area (Å²) in [4.78, 5) is 0. The minimum Gasteiger partial charge on any atom is -0.497 e. The van der Waals surface area contributed by atoms with E-state index in [1.165, 1.54) is 5.56 Å². The maximum absolute atomic E-state index is 6.41. The molecule has 0 bridgehead atoms. The zero-order chi connectivity index (χ0) is 13.6. The van der Waals surface area contributed by atoms with Crippen molar-refractivity contribution in [3.05, 3.63) is 29.8 Å². The van der Waals surface area contributed by atoms with Crippen LogP contribution in [0.2, 0.25) is 0 Å². The standard InChI is InChI=1S/C16H25NO/c1-15(2)14(16(15,3)4)13(17)10-11-7-6-8-12(9-11)18-5/h6-9,13-14H,10,17H2,1-5H3. The number of benzene rings is 1. The molecule has 2 heteroatoms. The highest BCUT2D eigenvalue weighted by molar-refractivity contribution is 5.30. The van der Waals surface area contributed by atoms with E-state index in [4.69, 9.17) is 10.5 Å². The monoisotopic (exact) mass is 247 g/mol. The maximum atomic E-state index is 6.41. The Kier molecular flexibility index (Phi) is 3.18. The summed E-state index contributed by atoms with van der Waals surface area (Å²) in [5.74, 6) is 1.50. The van der Waals surface area contributed by atoms with Gasteiger partial charge in [0.2, 0.25) is 0 Å². The zero-order valence-corrected chi connectivity index (χ0v) is 12.2. The van der Waals surface area contributed by atoms with Gasteiger partial charge >= 0.3 is 0 Å². The third-order valence-corrected chi connectivity index (χ3v) is 5.17. The summed E-state index contributed by atoms with van der Waals surface area (Å²) in [6.07, 6.45) is 0.925. The fraction of sp³-hybridized carbons (Fsp3) is 0.625.